The molecular formula is C14H16N2OS3. The molecule has 1 aliphatic rings. The Hall–Kier alpha value is -0.980. The first-order valence-corrected chi connectivity index (χ1v) is 9.39. The maximum Gasteiger partial charge on any atom is 0.178 e. The van der Waals surface area contributed by atoms with Crippen LogP contribution >= 0.6 is 34.4 Å². The first kappa shape index (κ1) is 14.0. The molecule has 2 aromatic rings. The van der Waals surface area contributed by atoms with Gasteiger partial charge in [0, 0.05) is 10.8 Å². The zero-order chi connectivity index (χ0) is 14.1. The molecule has 1 fully saturated rings. The van der Waals surface area contributed by atoms with Crippen LogP contribution in [0.25, 0.3) is 0 Å². The van der Waals surface area contributed by atoms with Crippen molar-refractivity contribution in [2.24, 2.45) is 5.92 Å². The fourth-order valence-electron chi connectivity index (χ4n) is 2.04. The summed E-state index contributed by atoms with van der Waals surface area (Å²) in [6.07, 6.45) is 4.03. The highest BCUT2D eigenvalue weighted by Crippen LogP contribution is 2.45. The van der Waals surface area contributed by atoms with Gasteiger partial charge < -0.3 is 11.1 Å². The Morgan fingerprint density at radius 3 is 2.95 bits per heavy atom. The summed E-state index contributed by atoms with van der Waals surface area (Å²) in [5.41, 5.74) is 6.82. The molecule has 0 radical (unpaired) electrons. The van der Waals surface area contributed by atoms with Crippen molar-refractivity contribution in [3.8, 4) is 0 Å². The van der Waals surface area contributed by atoms with Gasteiger partial charge in [-0.2, -0.15) is 0 Å². The number of nitrogen functional groups attached to an aromatic ring is 1. The van der Waals surface area contributed by atoms with Crippen molar-refractivity contribution in [1.29, 1.82) is 0 Å². The molecule has 0 spiro atoms. The predicted octanol–water partition coefficient (Wildman–Crippen LogP) is 4.32. The largest absolute Gasteiger partial charge is 0.396 e. The SMILES string of the molecule is CSc1c(NCc2cccs2)sc(C(=O)C2CC2)c1N. The van der Waals surface area contributed by atoms with Crippen LogP contribution in [0.3, 0.4) is 0 Å². The summed E-state index contributed by atoms with van der Waals surface area (Å²) >= 11 is 4.84. The van der Waals surface area contributed by atoms with Crippen molar-refractivity contribution in [3.05, 3.63) is 27.3 Å². The van der Waals surface area contributed by atoms with Crippen LogP contribution in [0.15, 0.2) is 22.4 Å². The summed E-state index contributed by atoms with van der Waals surface area (Å²) in [7, 11) is 0. The van der Waals surface area contributed by atoms with Gasteiger partial charge in [-0.15, -0.1) is 34.4 Å². The molecule has 0 bridgehead atoms. The van der Waals surface area contributed by atoms with Crippen LogP contribution in [0.5, 0.6) is 0 Å². The Labute approximate surface area is 130 Å². The van der Waals surface area contributed by atoms with Gasteiger partial charge in [-0.1, -0.05) is 6.07 Å². The predicted molar refractivity (Wildman–Crippen MR) is 89.2 cm³/mol. The second-order valence-electron chi connectivity index (χ2n) is 4.78. The maximum atomic E-state index is 12.2. The summed E-state index contributed by atoms with van der Waals surface area (Å²) in [6.45, 7) is 0.780. The number of rotatable bonds is 6. The number of nitrogens with two attached hydrogens (primary N) is 1. The average Bonchev–Trinajstić information content (AvgIpc) is 3.07. The molecule has 20 heavy (non-hydrogen) atoms. The Bertz CT molecular complexity index is 615. The number of anilines is 2. The van der Waals surface area contributed by atoms with Crippen molar-refractivity contribution in [2.75, 3.05) is 17.3 Å². The van der Waals surface area contributed by atoms with Crippen LogP contribution in [0.4, 0.5) is 10.7 Å². The lowest BCUT2D eigenvalue weighted by Crippen LogP contribution is -2.02. The Balaban J connectivity index is 1.82. The van der Waals surface area contributed by atoms with E-state index < -0.39 is 0 Å². The molecule has 3 nitrogen and oxygen atoms in total. The topological polar surface area (TPSA) is 55.1 Å². The molecule has 3 rings (SSSR count). The standard InChI is InChI=1S/C14H16N2OS3/c1-18-13-10(15)12(11(17)8-4-5-8)20-14(13)16-7-9-3-2-6-19-9/h2-3,6,8,16H,4-5,7,15H2,1H3. The molecule has 1 aliphatic carbocycles. The Morgan fingerprint density at radius 1 is 1.55 bits per heavy atom. The molecular weight excluding hydrogens is 308 g/mol. The van der Waals surface area contributed by atoms with Crippen LogP contribution in [-0.2, 0) is 6.54 Å². The van der Waals surface area contributed by atoms with E-state index in [2.05, 4.69) is 16.8 Å². The fraction of sp³-hybridized carbons (Fsp3) is 0.357. The minimum absolute atomic E-state index is 0.218. The molecule has 3 N–H and O–H groups in total. The van der Waals surface area contributed by atoms with E-state index in [4.69, 9.17) is 5.73 Å². The smallest absolute Gasteiger partial charge is 0.178 e. The second-order valence-corrected chi connectivity index (χ2v) is 7.65. The molecule has 2 heterocycles. The maximum absolute atomic E-state index is 12.2. The van der Waals surface area contributed by atoms with E-state index in [1.165, 1.54) is 16.2 Å². The monoisotopic (exact) mass is 324 g/mol. The number of ketones is 1. The number of thiophene rings is 2. The van der Waals surface area contributed by atoms with Crippen molar-refractivity contribution < 1.29 is 4.79 Å². The number of nitrogens with one attached hydrogen (secondary N) is 1. The zero-order valence-electron chi connectivity index (χ0n) is 11.1. The quantitative estimate of drug-likeness (QED) is 0.614. The minimum Gasteiger partial charge on any atom is -0.396 e. The third-order valence-corrected chi connectivity index (χ3v) is 6.29. The molecule has 0 aromatic carbocycles. The van der Waals surface area contributed by atoms with Crippen LogP contribution in [-0.4, -0.2) is 12.0 Å². The summed E-state index contributed by atoms with van der Waals surface area (Å²) in [5, 5.41) is 6.51. The molecule has 0 saturated heterocycles. The van der Waals surface area contributed by atoms with E-state index in [1.807, 2.05) is 12.3 Å². The Kier molecular flexibility index (Phi) is 4.05. The van der Waals surface area contributed by atoms with E-state index in [0.717, 1.165) is 34.2 Å². The van der Waals surface area contributed by atoms with E-state index in [0.29, 0.717) is 5.69 Å². The summed E-state index contributed by atoms with van der Waals surface area (Å²) in [4.78, 5) is 15.3. The first-order chi connectivity index (χ1) is 9.70. The van der Waals surface area contributed by atoms with Crippen LogP contribution in [0.2, 0.25) is 0 Å². The van der Waals surface area contributed by atoms with Crippen molar-refractivity contribution in [2.45, 2.75) is 24.3 Å². The van der Waals surface area contributed by atoms with E-state index >= 15 is 0 Å². The first-order valence-electron chi connectivity index (χ1n) is 6.47. The van der Waals surface area contributed by atoms with Crippen LogP contribution < -0.4 is 11.1 Å². The minimum atomic E-state index is 0.218. The average molecular weight is 324 g/mol. The van der Waals surface area contributed by atoms with Crippen LogP contribution in [0.1, 0.15) is 27.4 Å². The number of Topliss-reactive ketones (excluding diaryl/α,β-unsaturated/α-hetero) is 1. The summed E-state index contributed by atoms with van der Waals surface area (Å²) in [5.74, 6) is 0.447. The fourth-order valence-corrected chi connectivity index (χ4v) is 4.74. The lowest BCUT2D eigenvalue weighted by molar-refractivity contribution is 0.0972. The molecule has 0 aliphatic heterocycles. The third-order valence-electron chi connectivity index (χ3n) is 3.28. The van der Waals surface area contributed by atoms with Crippen molar-refractivity contribution >= 4 is 50.9 Å². The molecule has 1 saturated carbocycles. The van der Waals surface area contributed by atoms with Crippen molar-refractivity contribution in [1.82, 2.24) is 0 Å². The number of thioether (sulfide) groups is 1. The molecule has 2 aromatic heterocycles. The second kappa shape index (κ2) is 5.79. The molecule has 0 amide bonds. The number of carbonyl (C=O) groups excluding carboxylic acids is 1. The number of carbonyl (C=O) groups is 1. The van der Waals surface area contributed by atoms with Crippen molar-refractivity contribution in [3.63, 3.8) is 0 Å². The van der Waals surface area contributed by atoms with Gasteiger partial charge in [-0.05, 0) is 30.5 Å². The van der Waals surface area contributed by atoms with E-state index in [-0.39, 0.29) is 11.7 Å². The molecule has 0 unspecified atom stereocenters. The van der Waals surface area contributed by atoms with Gasteiger partial charge in [0.2, 0.25) is 0 Å². The van der Waals surface area contributed by atoms with Gasteiger partial charge in [0.15, 0.2) is 5.78 Å². The van der Waals surface area contributed by atoms with Gasteiger partial charge in [0.1, 0.15) is 5.00 Å². The third kappa shape index (κ3) is 2.73. The summed E-state index contributed by atoms with van der Waals surface area (Å²) in [6, 6.07) is 4.14. The number of hydrogen-bond acceptors (Lipinski definition) is 6. The molecule has 0 atom stereocenters. The molecule has 106 valence electrons. The Morgan fingerprint density at radius 2 is 2.35 bits per heavy atom. The lowest BCUT2D eigenvalue weighted by Gasteiger charge is -2.04. The van der Waals surface area contributed by atoms with E-state index in [9.17, 15) is 4.79 Å². The highest BCUT2D eigenvalue weighted by molar-refractivity contribution is 7.99. The van der Waals surface area contributed by atoms with Crippen LogP contribution in [0, 0.1) is 5.92 Å². The van der Waals surface area contributed by atoms with Gasteiger partial charge in [0.05, 0.1) is 22.0 Å². The zero-order valence-corrected chi connectivity index (χ0v) is 13.6. The summed E-state index contributed by atoms with van der Waals surface area (Å²) < 4.78 is 0. The normalized spacial score (nSPS) is 14.4. The van der Waals surface area contributed by atoms with Gasteiger partial charge in [-0.25, -0.2) is 0 Å². The lowest BCUT2D eigenvalue weighted by atomic mass is 10.2. The van der Waals surface area contributed by atoms with Gasteiger partial charge >= 0.3 is 0 Å². The number of hydrogen-bond donors (Lipinski definition) is 2. The molecule has 6 heteroatoms. The van der Waals surface area contributed by atoms with E-state index in [1.54, 1.807) is 23.1 Å². The highest BCUT2D eigenvalue weighted by atomic mass is 32.2. The van der Waals surface area contributed by atoms with Gasteiger partial charge in [0.25, 0.3) is 0 Å². The van der Waals surface area contributed by atoms with Gasteiger partial charge in [-0.3, -0.25) is 4.79 Å². The highest BCUT2D eigenvalue weighted by Gasteiger charge is 2.33.